The van der Waals surface area contributed by atoms with Crippen molar-refractivity contribution in [3.63, 3.8) is 0 Å². The quantitative estimate of drug-likeness (QED) is 0.324. The Morgan fingerprint density at radius 3 is 2.50 bits per heavy atom. The van der Waals surface area contributed by atoms with Crippen molar-refractivity contribution in [3.05, 3.63) is 99.2 Å². The summed E-state index contributed by atoms with van der Waals surface area (Å²) in [5.74, 6) is 0.165. The van der Waals surface area contributed by atoms with Gasteiger partial charge in [-0.1, -0.05) is 48.0 Å². The molecule has 0 unspecified atom stereocenters. The highest BCUT2D eigenvalue weighted by atomic mass is 35.5. The number of amides is 2. The van der Waals surface area contributed by atoms with Crippen LogP contribution in [0.3, 0.4) is 0 Å². The van der Waals surface area contributed by atoms with Crippen molar-refractivity contribution in [2.24, 2.45) is 0 Å². The van der Waals surface area contributed by atoms with E-state index in [0.29, 0.717) is 35.3 Å². The number of benzene rings is 3. The molecule has 3 aromatic rings. The van der Waals surface area contributed by atoms with E-state index < -0.39 is 17.0 Å². The zero-order chi connectivity index (χ0) is 24.1. The Bertz CT molecular complexity index is 1250. The first-order valence-electron chi connectivity index (χ1n) is 10.6. The molecule has 1 heterocycles. The molecule has 0 aromatic heterocycles. The summed E-state index contributed by atoms with van der Waals surface area (Å²) in [7, 11) is 0. The number of nitrogens with zero attached hydrogens (tertiary/aromatic N) is 1. The molecular weight excluding hydrogens is 477 g/mol. The first kappa shape index (κ1) is 23.9. The van der Waals surface area contributed by atoms with Gasteiger partial charge in [0, 0.05) is 10.6 Å². The highest BCUT2D eigenvalue weighted by Gasteiger charge is 2.35. The molecule has 0 aliphatic carbocycles. The van der Waals surface area contributed by atoms with Gasteiger partial charge < -0.3 is 9.47 Å². The van der Waals surface area contributed by atoms with Crippen molar-refractivity contribution in [2.45, 2.75) is 20.1 Å². The van der Waals surface area contributed by atoms with Crippen LogP contribution in [0.1, 0.15) is 23.6 Å². The minimum Gasteiger partial charge on any atom is -0.490 e. The average Bonchev–Trinajstić information content (AvgIpc) is 3.08. The van der Waals surface area contributed by atoms with Gasteiger partial charge in [-0.2, -0.15) is 0 Å². The van der Waals surface area contributed by atoms with Crippen LogP contribution in [0, 0.1) is 5.82 Å². The van der Waals surface area contributed by atoms with Crippen molar-refractivity contribution in [1.82, 2.24) is 4.90 Å². The molecule has 0 atom stereocenters. The van der Waals surface area contributed by atoms with E-state index >= 15 is 0 Å². The number of halogens is 2. The second-order valence-corrected chi connectivity index (χ2v) is 8.84. The first-order chi connectivity index (χ1) is 16.4. The fourth-order valence-electron chi connectivity index (χ4n) is 3.33. The van der Waals surface area contributed by atoms with Gasteiger partial charge in [0.05, 0.1) is 18.1 Å². The standard InChI is InChI=1S/C26H21ClFNO4S/c1-2-32-23-13-18(9-12-22(23)33-16-17-7-10-20(27)11-8-17)14-24-25(30)29(26(31)34-24)15-19-5-3-4-6-21(19)28/h3-14H,2,15-16H2,1H3/b24-14+. The summed E-state index contributed by atoms with van der Waals surface area (Å²) in [4.78, 5) is 26.5. The maximum atomic E-state index is 14.0. The molecule has 8 heteroatoms. The Labute approximate surface area is 206 Å². The molecule has 1 saturated heterocycles. The number of imide groups is 1. The third-order valence-corrected chi connectivity index (χ3v) is 6.19. The van der Waals surface area contributed by atoms with Gasteiger partial charge in [0.1, 0.15) is 12.4 Å². The minimum absolute atomic E-state index is 0.115. The molecule has 2 amide bonds. The molecule has 0 spiro atoms. The molecular formula is C26H21ClFNO4S. The van der Waals surface area contributed by atoms with Gasteiger partial charge in [-0.05, 0) is 66.2 Å². The smallest absolute Gasteiger partial charge is 0.293 e. The van der Waals surface area contributed by atoms with Crippen molar-refractivity contribution in [2.75, 3.05) is 6.61 Å². The van der Waals surface area contributed by atoms with Gasteiger partial charge in [-0.15, -0.1) is 0 Å². The van der Waals surface area contributed by atoms with E-state index in [1.807, 2.05) is 19.1 Å². The molecule has 0 bridgehead atoms. The van der Waals surface area contributed by atoms with Gasteiger partial charge >= 0.3 is 0 Å². The Hall–Kier alpha value is -3.29. The second-order valence-electron chi connectivity index (χ2n) is 7.41. The van der Waals surface area contributed by atoms with Crippen molar-refractivity contribution >= 4 is 40.6 Å². The zero-order valence-corrected chi connectivity index (χ0v) is 19.9. The number of carbonyl (C=O) groups excluding carboxylic acids is 2. The number of rotatable bonds is 8. The highest BCUT2D eigenvalue weighted by Crippen LogP contribution is 2.35. The number of ether oxygens (including phenoxy) is 2. The lowest BCUT2D eigenvalue weighted by molar-refractivity contribution is -0.123. The maximum Gasteiger partial charge on any atom is 0.293 e. The summed E-state index contributed by atoms with van der Waals surface area (Å²) in [6.45, 7) is 2.52. The monoisotopic (exact) mass is 497 g/mol. The van der Waals surface area contributed by atoms with Crippen molar-refractivity contribution < 1.29 is 23.5 Å². The molecule has 0 saturated carbocycles. The lowest BCUT2D eigenvalue weighted by Gasteiger charge is -2.13. The van der Waals surface area contributed by atoms with Crippen LogP contribution in [-0.2, 0) is 17.9 Å². The summed E-state index contributed by atoms with van der Waals surface area (Å²) >= 11 is 6.75. The molecule has 174 valence electrons. The third kappa shape index (κ3) is 5.61. The van der Waals surface area contributed by atoms with Crippen LogP contribution >= 0.6 is 23.4 Å². The molecule has 4 rings (SSSR count). The van der Waals surface area contributed by atoms with E-state index in [2.05, 4.69) is 0 Å². The maximum absolute atomic E-state index is 14.0. The summed E-state index contributed by atoms with van der Waals surface area (Å²) in [6, 6.07) is 18.7. The van der Waals surface area contributed by atoms with Crippen LogP contribution in [0.25, 0.3) is 6.08 Å². The molecule has 5 nitrogen and oxygen atoms in total. The Kier molecular flexibility index (Phi) is 7.55. The minimum atomic E-state index is -0.459. The summed E-state index contributed by atoms with van der Waals surface area (Å²) in [5, 5.41) is 0.217. The summed E-state index contributed by atoms with van der Waals surface area (Å²) < 4.78 is 25.6. The highest BCUT2D eigenvalue weighted by molar-refractivity contribution is 8.18. The topological polar surface area (TPSA) is 55.8 Å². The van der Waals surface area contributed by atoms with Gasteiger partial charge in [-0.25, -0.2) is 4.39 Å². The van der Waals surface area contributed by atoms with E-state index in [4.69, 9.17) is 21.1 Å². The molecule has 1 aliphatic heterocycles. The van der Waals surface area contributed by atoms with Gasteiger partial charge in [0.2, 0.25) is 0 Å². The van der Waals surface area contributed by atoms with E-state index in [-0.39, 0.29) is 17.0 Å². The van der Waals surface area contributed by atoms with Crippen LogP contribution < -0.4 is 9.47 Å². The van der Waals surface area contributed by atoms with Crippen LogP contribution in [-0.4, -0.2) is 22.7 Å². The summed E-state index contributed by atoms with van der Waals surface area (Å²) in [5.41, 5.74) is 1.92. The van der Waals surface area contributed by atoms with Crippen LogP contribution in [0.4, 0.5) is 9.18 Å². The largest absolute Gasteiger partial charge is 0.490 e. The number of thioether (sulfide) groups is 1. The molecule has 3 aromatic carbocycles. The number of hydrogen-bond donors (Lipinski definition) is 0. The van der Waals surface area contributed by atoms with Gasteiger partial charge in [0.25, 0.3) is 11.1 Å². The normalized spacial score (nSPS) is 14.7. The van der Waals surface area contributed by atoms with Crippen molar-refractivity contribution in [3.8, 4) is 11.5 Å². The van der Waals surface area contributed by atoms with Crippen LogP contribution in [0.2, 0.25) is 5.02 Å². The fraction of sp³-hybridized carbons (Fsp3) is 0.154. The molecule has 1 fully saturated rings. The van der Waals surface area contributed by atoms with E-state index in [1.54, 1.807) is 54.6 Å². The molecule has 0 N–H and O–H groups in total. The molecule has 0 radical (unpaired) electrons. The van der Waals surface area contributed by atoms with Crippen LogP contribution in [0.5, 0.6) is 11.5 Å². The fourth-order valence-corrected chi connectivity index (χ4v) is 4.29. The van der Waals surface area contributed by atoms with Gasteiger partial charge in [0.15, 0.2) is 11.5 Å². The number of carbonyl (C=O) groups is 2. The predicted molar refractivity (Wildman–Crippen MR) is 131 cm³/mol. The Morgan fingerprint density at radius 1 is 1.00 bits per heavy atom. The lowest BCUT2D eigenvalue weighted by Crippen LogP contribution is -2.27. The third-order valence-electron chi connectivity index (χ3n) is 5.03. The summed E-state index contributed by atoms with van der Waals surface area (Å²) in [6.07, 6.45) is 1.62. The van der Waals surface area contributed by atoms with Crippen LogP contribution in [0.15, 0.2) is 71.6 Å². The number of hydrogen-bond acceptors (Lipinski definition) is 5. The first-order valence-corrected chi connectivity index (χ1v) is 11.8. The zero-order valence-electron chi connectivity index (χ0n) is 18.3. The van der Waals surface area contributed by atoms with Gasteiger partial charge in [-0.3, -0.25) is 14.5 Å². The lowest BCUT2D eigenvalue weighted by atomic mass is 10.1. The molecule has 1 aliphatic rings. The Morgan fingerprint density at radius 2 is 1.76 bits per heavy atom. The molecule has 34 heavy (non-hydrogen) atoms. The predicted octanol–water partition coefficient (Wildman–Crippen LogP) is 6.69. The Balaban J connectivity index is 1.51. The van der Waals surface area contributed by atoms with Crippen molar-refractivity contribution in [1.29, 1.82) is 0 Å². The van der Waals surface area contributed by atoms with E-state index in [0.717, 1.165) is 22.2 Å². The van der Waals surface area contributed by atoms with E-state index in [9.17, 15) is 14.0 Å². The SMILES string of the molecule is CCOc1cc(/C=C2/SC(=O)N(Cc3ccccc3F)C2=O)ccc1OCc1ccc(Cl)cc1. The van der Waals surface area contributed by atoms with E-state index in [1.165, 1.54) is 6.07 Å². The average molecular weight is 498 g/mol. The second kappa shape index (κ2) is 10.8.